The van der Waals surface area contributed by atoms with Gasteiger partial charge >= 0.3 is 0 Å². The van der Waals surface area contributed by atoms with Gasteiger partial charge in [0.1, 0.15) is 11.9 Å². The van der Waals surface area contributed by atoms with Crippen molar-refractivity contribution >= 4 is 5.69 Å². The minimum Gasteiger partial charge on any atom is -0.495 e. The Morgan fingerprint density at radius 3 is 2.94 bits per heavy atom. The van der Waals surface area contributed by atoms with Crippen molar-refractivity contribution in [3.63, 3.8) is 0 Å². The van der Waals surface area contributed by atoms with Gasteiger partial charge < -0.3 is 20.3 Å². The standard InChI is InChI=1S/C13H19NO3/c1-16-10-7-4-5-9(12(10)14)13(15)11-6-2-3-8-17-11/h4-5,7,11,13,15H,2-3,6,8,14H2,1H3. The van der Waals surface area contributed by atoms with Gasteiger partial charge in [0.2, 0.25) is 0 Å². The van der Waals surface area contributed by atoms with Crippen molar-refractivity contribution in [3.8, 4) is 5.75 Å². The lowest BCUT2D eigenvalue weighted by molar-refractivity contribution is -0.0631. The van der Waals surface area contributed by atoms with Crippen LogP contribution in [0.5, 0.6) is 5.75 Å². The van der Waals surface area contributed by atoms with Crippen LogP contribution in [-0.2, 0) is 4.74 Å². The molecule has 1 fully saturated rings. The van der Waals surface area contributed by atoms with Crippen LogP contribution in [0.15, 0.2) is 18.2 Å². The molecular weight excluding hydrogens is 218 g/mol. The highest BCUT2D eigenvalue weighted by atomic mass is 16.5. The highest BCUT2D eigenvalue weighted by Crippen LogP contribution is 2.34. The molecule has 2 atom stereocenters. The fourth-order valence-electron chi connectivity index (χ4n) is 2.21. The van der Waals surface area contributed by atoms with E-state index in [-0.39, 0.29) is 6.10 Å². The molecule has 0 radical (unpaired) electrons. The molecule has 0 saturated carbocycles. The maximum absolute atomic E-state index is 10.3. The maximum atomic E-state index is 10.3. The molecule has 1 aromatic rings. The number of anilines is 1. The highest BCUT2D eigenvalue weighted by Gasteiger charge is 2.26. The van der Waals surface area contributed by atoms with Crippen LogP contribution >= 0.6 is 0 Å². The maximum Gasteiger partial charge on any atom is 0.142 e. The van der Waals surface area contributed by atoms with Gasteiger partial charge in [-0.2, -0.15) is 0 Å². The molecule has 2 rings (SSSR count). The van der Waals surface area contributed by atoms with Crippen molar-refractivity contribution in [2.45, 2.75) is 31.5 Å². The Bertz CT molecular complexity index is 375. The lowest BCUT2D eigenvalue weighted by atomic mass is 9.97. The number of benzene rings is 1. The first-order valence-electron chi connectivity index (χ1n) is 5.96. The Morgan fingerprint density at radius 2 is 2.29 bits per heavy atom. The summed E-state index contributed by atoms with van der Waals surface area (Å²) in [6, 6.07) is 5.43. The van der Waals surface area contributed by atoms with Gasteiger partial charge in [0, 0.05) is 12.2 Å². The fourth-order valence-corrected chi connectivity index (χ4v) is 2.21. The van der Waals surface area contributed by atoms with Crippen molar-refractivity contribution in [1.82, 2.24) is 0 Å². The molecular formula is C13H19NO3. The first-order chi connectivity index (χ1) is 8.24. The molecule has 0 spiro atoms. The molecule has 0 aliphatic carbocycles. The van der Waals surface area contributed by atoms with Gasteiger partial charge in [-0.1, -0.05) is 12.1 Å². The van der Waals surface area contributed by atoms with Crippen LogP contribution in [0.2, 0.25) is 0 Å². The molecule has 1 aromatic carbocycles. The van der Waals surface area contributed by atoms with E-state index in [1.165, 1.54) is 0 Å². The molecule has 0 amide bonds. The van der Waals surface area contributed by atoms with E-state index in [1.807, 2.05) is 12.1 Å². The van der Waals surface area contributed by atoms with E-state index in [0.29, 0.717) is 23.6 Å². The Hall–Kier alpha value is -1.26. The summed E-state index contributed by atoms with van der Waals surface area (Å²) in [7, 11) is 1.57. The number of para-hydroxylation sites is 1. The molecule has 1 heterocycles. The predicted octanol–water partition coefficient (Wildman–Crippen LogP) is 1.88. The number of aliphatic hydroxyl groups is 1. The fraction of sp³-hybridized carbons (Fsp3) is 0.538. The number of aliphatic hydroxyl groups excluding tert-OH is 1. The first-order valence-corrected chi connectivity index (χ1v) is 5.96. The minimum absolute atomic E-state index is 0.154. The lowest BCUT2D eigenvalue weighted by Crippen LogP contribution is -2.26. The summed E-state index contributed by atoms with van der Waals surface area (Å²) in [6.45, 7) is 0.714. The summed E-state index contributed by atoms with van der Waals surface area (Å²) in [6.07, 6.45) is 2.20. The number of nitrogens with two attached hydrogens (primary N) is 1. The van der Waals surface area contributed by atoms with Crippen molar-refractivity contribution in [2.75, 3.05) is 19.5 Å². The average Bonchev–Trinajstić information content (AvgIpc) is 2.39. The Kier molecular flexibility index (Phi) is 3.86. The van der Waals surface area contributed by atoms with Crippen LogP contribution < -0.4 is 10.5 Å². The second-order valence-electron chi connectivity index (χ2n) is 4.31. The van der Waals surface area contributed by atoms with Crippen molar-refractivity contribution in [2.24, 2.45) is 0 Å². The molecule has 2 unspecified atom stereocenters. The van der Waals surface area contributed by atoms with Crippen molar-refractivity contribution < 1.29 is 14.6 Å². The highest BCUT2D eigenvalue weighted by molar-refractivity contribution is 5.59. The third-order valence-corrected chi connectivity index (χ3v) is 3.21. The second kappa shape index (κ2) is 5.38. The zero-order chi connectivity index (χ0) is 12.3. The molecule has 4 heteroatoms. The molecule has 1 aliphatic rings. The molecule has 1 saturated heterocycles. The van der Waals surface area contributed by atoms with E-state index in [2.05, 4.69) is 0 Å². The number of hydrogen-bond acceptors (Lipinski definition) is 4. The molecule has 0 bridgehead atoms. The molecule has 4 nitrogen and oxygen atoms in total. The van der Waals surface area contributed by atoms with E-state index in [0.717, 1.165) is 19.3 Å². The predicted molar refractivity (Wildman–Crippen MR) is 66.0 cm³/mol. The van der Waals surface area contributed by atoms with Gasteiger partial charge in [-0.05, 0) is 25.3 Å². The number of hydrogen-bond donors (Lipinski definition) is 2. The summed E-state index contributed by atoms with van der Waals surface area (Å²) in [5, 5.41) is 10.3. The summed E-state index contributed by atoms with van der Waals surface area (Å²) in [5.41, 5.74) is 7.15. The summed E-state index contributed by atoms with van der Waals surface area (Å²) >= 11 is 0. The summed E-state index contributed by atoms with van der Waals surface area (Å²) in [5.74, 6) is 0.595. The normalized spacial score (nSPS) is 22.1. The Balaban J connectivity index is 2.20. The Morgan fingerprint density at radius 1 is 1.47 bits per heavy atom. The van der Waals surface area contributed by atoms with E-state index in [4.69, 9.17) is 15.2 Å². The van der Waals surface area contributed by atoms with E-state index in [1.54, 1.807) is 13.2 Å². The largest absolute Gasteiger partial charge is 0.495 e. The van der Waals surface area contributed by atoms with Gasteiger partial charge in [0.05, 0.1) is 18.9 Å². The second-order valence-corrected chi connectivity index (χ2v) is 4.31. The number of rotatable bonds is 3. The summed E-state index contributed by atoms with van der Waals surface area (Å²) in [4.78, 5) is 0. The van der Waals surface area contributed by atoms with Crippen LogP contribution in [0.3, 0.4) is 0 Å². The summed E-state index contributed by atoms with van der Waals surface area (Å²) < 4.78 is 10.7. The van der Waals surface area contributed by atoms with E-state index in [9.17, 15) is 5.11 Å². The van der Waals surface area contributed by atoms with Gasteiger partial charge in [0.25, 0.3) is 0 Å². The number of nitrogen functional groups attached to an aromatic ring is 1. The van der Waals surface area contributed by atoms with Crippen LogP contribution in [0.4, 0.5) is 5.69 Å². The van der Waals surface area contributed by atoms with Crippen LogP contribution in [0.25, 0.3) is 0 Å². The van der Waals surface area contributed by atoms with Crippen LogP contribution in [0.1, 0.15) is 30.9 Å². The zero-order valence-corrected chi connectivity index (χ0v) is 10.1. The van der Waals surface area contributed by atoms with E-state index >= 15 is 0 Å². The van der Waals surface area contributed by atoms with E-state index < -0.39 is 6.10 Å². The van der Waals surface area contributed by atoms with Gasteiger partial charge in [0.15, 0.2) is 0 Å². The lowest BCUT2D eigenvalue weighted by Gasteiger charge is -2.28. The molecule has 94 valence electrons. The smallest absolute Gasteiger partial charge is 0.142 e. The quantitative estimate of drug-likeness (QED) is 0.788. The molecule has 1 aliphatic heterocycles. The van der Waals surface area contributed by atoms with Gasteiger partial charge in [-0.25, -0.2) is 0 Å². The molecule has 0 aromatic heterocycles. The Labute approximate surface area is 101 Å². The zero-order valence-electron chi connectivity index (χ0n) is 10.1. The molecule has 3 N–H and O–H groups in total. The topological polar surface area (TPSA) is 64.7 Å². The minimum atomic E-state index is -0.676. The third-order valence-electron chi connectivity index (χ3n) is 3.21. The number of ether oxygens (including phenoxy) is 2. The number of methoxy groups -OCH3 is 1. The monoisotopic (exact) mass is 237 g/mol. The molecule has 17 heavy (non-hydrogen) atoms. The van der Waals surface area contributed by atoms with Gasteiger partial charge in [-0.15, -0.1) is 0 Å². The average molecular weight is 237 g/mol. The van der Waals surface area contributed by atoms with Crippen molar-refractivity contribution in [3.05, 3.63) is 23.8 Å². The van der Waals surface area contributed by atoms with Crippen molar-refractivity contribution in [1.29, 1.82) is 0 Å². The van der Waals surface area contributed by atoms with Gasteiger partial charge in [-0.3, -0.25) is 0 Å². The van der Waals surface area contributed by atoms with Crippen LogP contribution in [0, 0.1) is 0 Å². The third kappa shape index (κ3) is 2.53. The van der Waals surface area contributed by atoms with Crippen LogP contribution in [-0.4, -0.2) is 24.9 Å². The first kappa shape index (κ1) is 12.2. The SMILES string of the molecule is COc1cccc(C(O)C2CCCCO2)c1N.